The van der Waals surface area contributed by atoms with E-state index in [1.165, 1.54) is 0 Å². The van der Waals surface area contributed by atoms with Crippen molar-refractivity contribution in [3.8, 4) is 5.75 Å². The zero-order valence-electron chi connectivity index (χ0n) is 10.1. The molecular formula is C15H12BrNO2. The van der Waals surface area contributed by atoms with E-state index in [0.29, 0.717) is 6.42 Å². The van der Waals surface area contributed by atoms with Crippen LogP contribution in [0.2, 0.25) is 0 Å². The van der Waals surface area contributed by atoms with Gasteiger partial charge in [0.05, 0.1) is 0 Å². The number of benzene rings is 2. The minimum Gasteiger partial charge on any atom is -0.480 e. The molecule has 96 valence electrons. The Bertz CT molecular complexity index is 602. The van der Waals surface area contributed by atoms with Crippen LogP contribution in [0.5, 0.6) is 5.75 Å². The van der Waals surface area contributed by atoms with Gasteiger partial charge in [-0.15, -0.1) is 0 Å². The van der Waals surface area contributed by atoms with E-state index in [1.807, 2.05) is 48.5 Å². The number of halogens is 1. The monoisotopic (exact) mass is 317 g/mol. The van der Waals surface area contributed by atoms with Gasteiger partial charge >= 0.3 is 0 Å². The maximum absolute atomic E-state index is 12.1. The SMILES string of the molecule is O=C(Nc1cccc(Br)c1)[C@@H]1Cc2ccccc2O1. The largest absolute Gasteiger partial charge is 0.480 e. The molecule has 0 bridgehead atoms. The number of hydrogen-bond acceptors (Lipinski definition) is 2. The van der Waals surface area contributed by atoms with E-state index in [-0.39, 0.29) is 5.91 Å². The minimum absolute atomic E-state index is 0.116. The van der Waals surface area contributed by atoms with Crippen LogP contribution in [-0.4, -0.2) is 12.0 Å². The first kappa shape index (κ1) is 12.2. The maximum Gasteiger partial charge on any atom is 0.265 e. The van der Waals surface area contributed by atoms with Crippen LogP contribution in [0.3, 0.4) is 0 Å². The molecule has 1 atom stereocenters. The highest BCUT2D eigenvalue weighted by Gasteiger charge is 2.28. The summed E-state index contributed by atoms with van der Waals surface area (Å²) < 4.78 is 6.58. The van der Waals surface area contributed by atoms with Gasteiger partial charge in [-0.05, 0) is 29.8 Å². The molecule has 4 heteroatoms. The van der Waals surface area contributed by atoms with Gasteiger partial charge in [0.2, 0.25) is 0 Å². The molecule has 0 aromatic heterocycles. The molecule has 1 amide bonds. The zero-order chi connectivity index (χ0) is 13.2. The Morgan fingerprint density at radius 3 is 2.84 bits per heavy atom. The Morgan fingerprint density at radius 2 is 2.05 bits per heavy atom. The normalized spacial score (nSPS) is 16.6. The summed E-state index contributed by atoms with van der Waals surface area (Å²) in [5.41, 5.74) is 1.84. The minimum atomic E-state index is -0.448. The average molecular weight is 318 g/mol. The molecule has 2 aromatic rings. The number of hydrogen-bond donors (Lipinski definition) is 1. The van der Waals surface area contributed by atoms with Crippen LogP contribution in [0.15, 0.2) is 53.0 Å². The second-order valence-corrected chi connectivity index (χ2v) is 5.33. The summed E-state index contributed by atoms with van der Waals surface area (Å²) in [4.78, 5) is 12.1. The molecule has 1 heterocycles. The van der Waals surface area contributed by atoms with E-state index in [1.54, 1.807) is 0 Å². The Hall–Kier alpha value is -1.81. The van der Waals surface area contributed by atoms with Gasteiger partial charge in [-0.1, -0.05) is 40.2 Å². The summed E-state index contributed by atoms with van der Waals surface area (Å²) in [6, 6.07) is 15.2. The molecule has 0 saturated carbocycles. The predicted molar refractivity (Wildman–Crippen MR) is 77.3 cm³/mol. The number of rotatable bonds is 2. The lowest BCUT2D eigenvalue weighted by molar-refractivity contribution is -0.122. The van der Waals surface area contributed by atoms with Crippen LogP contribution < -0.4 is 10.1 Å². The average Bonchev–Trinajstić information content (AvgIpc) is 2.82. The fraction of sp³-hybridized carbons (Fsp3) is 0.133. The third-order valence-corrected chi connectivity index (χ3v) is 3.52. The lowest BCUT2D eigenvalue weighted by Gasteiger charge is -2.11. The predicted octanol–water partition coefficient (Wildman–Crippen LogP) is 3.39. The van der Waals surface area contributed by atoms with Gasteiger partial charge in [0, 0.05) is 16.6 Å². The fourth-order valence-electron chi connectivity index (χ4n) is 2.12. The zero-order valence-corrected chi connectivity index (χ0v) is 11.7. The molecule has 3 rings (SSSR count). The van der Waals surface area contributed by atoms with Crippen molar-refractivity contribution in [2.24, 2.45) is 0 Å². The first-order chi connectivity index (χ1) is 9.22. The summed E-state index contributed by atoms with van der Waals surface area (Å²) in [5.74, 6) is 0.686. The van der Waals surface area contributed by atoms with Crippen molar-refractivity contribution >= 4 is 27.5 Å². The molecule has 1 aliphatic rings. The van der Waals surface area contributed by atoms with Gasteiger partial charge in [0.15, 0.2) is 6.10 Å². The van der Waals surface area contributed by atoms with Crippen molar-refractivity contribution in [3.63, 3.8) is 0 Å². The van der Waals surface area contributed by atoms with Gasteiger partial charge < -0.3 is 10.1 Å². The highest BCUT2D eigenvalue weighted by atomic mass is 79.9. The standard InChI is InChI=1S/C15H12BrNO2/c16-11-5-3-6-12(9-11)17-15(18)14-8-10-4-1-2-7-13(10)19-14/h1-7,9,14H,8H2,(H,17,18)/t14-/m0/s1. The third-order valence-electron chi connectivity index (χ3n) is 3.03. The van der Waals surface area contributed by atoms with Crippen LogP contribution in [0.4, 0.5) is 5.69 Å². The molecule has 1 N–H and O–H groups in total. The number of carbonyl (C=O) groups excluding carboxylic acids is 1. The summed E-state index contributed by atoms with van der Waals surface area (Å²) in [7, 11) is 0. The van der Waals surface area contributed by atoms with Crippen LogP contribution >= 0.6 is 15.9 Å². The van der Waals surface area contributed by atoms with Crippen LogP contribution in [0, 0.1) is 0 Å². The smallest absolute Gasteiger partial charge is 0.265 e. The molecule has 19 heavy (non-hydrogen) atoms. The van der Waals surface area contributed by atoms with Crippen LogP contribution in [-0.2, 0) is 11.2 Å². The van der Waals surface area contributed by atoms with Crippen molar-refractivity contribution in [2.75, 3.05) is 5.32 Å². The number of carbonyl (C=O) groups is 1. The van der Waals surface area contributed by atoms with Gasteiger partial charge in [-0.25, -0.2) is 0 Å². The van der Waals surface area contributed by atoms with Crippen molar-refractivity contribution in [1.82, 2.24) is 0 Å². The highest BCUT2D eigenvalue weighted by Crippen LogP contribution is 2.28. The lowest BCUT2D eigenvalue weighted by Crippen LogP contribution is -2.31. The van der Waals surface area contributed by atoms with E-state index in [2.05, 4.69) is 21.2 Å². The maximum atomic E-state index is 12.1. The first-order valence-electron chi connectivity index (χ1n) is 6.03. The van der Waals surface area contributed by atoms with Gasteiger partial charge in [-0.3, -0.25) is 4.79 Å². The van der Waals surface area contributed by atoms with E-state index >= 15 is 0 Å². The molecule has 0 radical (unpaired) electrons. The first-order valence-corrected chi connectivity index (χ1v) is 6.83. The van der Waals surface area contributed by atoms with E-state index in [9.17, 15) is 4.79 Å². The van der Waals surface area contributed by atoms with Crippen molar-refractivity contribution in [2.45, 2.75) is 12.5 Å². The Labute approximate surface area is 119 Å². The van der Waals surface area contributed by atoms with E-state index in [4.69, 9.17) is 4.74 Å². The molecule has 2 aromatic carbocycles. The number of ether oxygens (including phenoxy) is 1. The van der Waals surface area contributed by atoms with Gasteiger partial charge in [0.1, 0.15) is 5.75 Å². The molecule has 3 nitrogen and oxygen atoms in total. The van der Waals surface area contributed by atoms with Crippen LogP contribution in [0.25, 0.3) is 0 Å². The van der Waals surface area contributed by atoms with E-state index in [0.717, 1.165) is 21.5 Å². The number of para-hydroxylation sites is 1. The molecule has 0 saturated heterocycles. The second kappa shape index (κ2) is 5.05. The van der Waals surface area contributed by atoms with E-state index < -0.39 is 6.10 Å². The molecular weight excluding hydrogens is 306 g/mol. The topological polar surface area (TPSA) is 38.3 Å². The Balaban J connectivity index is 1.70. The Kier molecular flexibility index (Phi) is 3.25. The quantitative estimate of drug-likeness (QED) is 0.922. The Morgan fingerprint density at radius 1 is 1.21 bits per heavy atom. The number of nitrogens with one attached hydrogen (secondary N) is 1. The molecule has 0 spiro atoms. The molecule has 1 aliphatic heterocycles. The van der Waals surface area contributed by atoms with Crippen LogP contribution in [0.1, 0.15) is 5.56 Å². The van der Waals surface area contributed by atoms with Gasteiger partial charge in [0.25, 0.3) is 5.91 Å². The summed E-state index contributed by atoms with van der Waals surface area (Å²) in [6.45, 7) is 0. The molecule has 0 aliphatic carbocycles. The molecule has 0 unspecified atom stereocenters. The van der Waals surface area contributed by atoms with Gasteiger partial charge in [-0.2, -0.15) is 0 Å². The second-order valence-electron chi connectivity index (χ2n) is 4.42. The summed E-state index contributed by atoms with van der Waals surface area (Å²) in [5, 5.41) is 2.87. The summed E-state index contributed by atoms with van der Waals surface area (Å²) in [6.07, 6.45) is 0.173. The number of anilines is 1. The highest BCUT2D eigenvalue weighted by molar-refractivity contribution is 9.10. The van der Waals surface area contributed by atoms with Crippen molar-refractivity contribution in [3.05, 3.63) is 58.6 Å². The summed E-state index contributed by atoms with van der Waals surface area (Å²) >= 11 is 3.38. The lowest BCUT2D eigenvalue weighted by atomic mass is 10.1. The third kappa shape index (κ3) is 2.63. The number of amides is 1. The fourth-order valence-corrected chi connectivity index (χ4v) is 2.52. The number of fused-ring (bicyclic) bond motifs is 1. The van der Waals surface area contributed by atoms with Crippen molar-refractivity contribution < 1.29 is 9.53 Å². The van der Waals surface area contributed by atoms with Crippen molar-refractivity contribution in [1.29, 1.82) is 0 Å². The molecule has 0 fully saturated rings.